The van der Waals surface area contributed by atoms with Gasteiger partial charge >= 0.3 is 0 Å². The molecule has 69 heavy (non-hydrogen) atoms. The molecule has 11 aromatic rings. The normalized spacial score (nSPS) is 12.5. The van der Waals surface area contributed by atoms with Crippen LogP contribution in [0.3, 0.4) is 0 Å². The molecule has 3 heterocycles. The molecule has 0 bridgehead atoms. The monoisotopic (exact) mass is 1080 g/mol. The van der Waals surface area contributed by atoms with Gasteiger partial charge in [-0.1, -0.05) is 169 Å². The molecule has 11 rings (SSSR count). The van der Waals surface area contributed by atoms with E-state index in [1.54, 1.807) is 0 Å². The summed E-state index contributed by atoms with van der Waals surface area (Å²) in [6.07, 6.45) is 0. The summed E-state index contributed by atoms with van der Waals surface area (Å²) in [7, 11) is 0. The van der Waals surface area contributed by atoms with E-state index < -0.39 is 6.85 Å². The van der Waals surface area contributed by atoms with Crippen molar-refractivity contribution in [2.24, 2.45) is 0 Å². The molecule has 347 valence electrons. The first kappa shape index (κ1) is 43.4. The number of aromatic nitrogens is 4. The molecule has 0 atom stereocenters. The molecule has 0 saturated carbocycles. The van der Waals surface area contributed by atoms with Crippen LogP contribution in [0.4, 0.5) is 0 Å². The third kappa shape index (κ3) is 8.55. The molecule has 0 aliphatic heterocycles. The molecular weight excluding hydrogens is 1020 g/mol. The van der Waals surface area contributed by atoms with Crippen LogP contribution in [0, 0.1) is 19.0 Å². The average molecular weight is 1080 g/mol. The van der Waals surface area contributed by atoms with Gasteiger partial charge in [0, 0.05) is 41.0 Å². The maximum absolute atomic E-state index is 8.53. The topological polar surface area (TPSA) is 48.8 Å². The van der Waals surface area contributed by atoms with E-state index in [4.69, 9.17) is 18.5 Å². The summed E-state index contributed by atoms with van der Waals surface area (Å²) in [5, 5.41) is 1.59. The Balaban J connectivity index is 0.000000196. The predicted molar refractivity (Wildman–Crippen MR) is 284 cm³/mol. The largest absolute Gasteiger partial charge is 0.500 e. The molecule has 6 heteroatoms. The number of furan rings is 1. The van der Waals surface area contributed by atoms with E-state index in [-0.39, 0.29) is 37.5 Å². The van der Waals surface area contributed by atoms with Crippen molar-refractivity contribution in [3.05, 3.63) is 204 Å². The fraction of sp³-hybridized carbons (Fsp3) is 0.206. The molecule has 0 N–H and O–H groups in total. The Hall–Kier alpha value is -6.85. The summed E-state index contributed by atoms with van der Waals surface area (Å²) in [6.45, 7) is 15.5. The van der Waals surface area contributed by atoms with Crippen molar-refractivity contribution in [3.63, 3.8) is 0 Å². The SMILES string of the molecule is CC(C)c1cccc(C(C)C)c1-n1c(-c2[c-]cccc2)nc2ccccc21.[2H]C([2H])([2H])c1c(-c2ccccc2)ccc2c1oc1c(-c3nc4ccccc4n3-c3c(C(C)C)cccc3C(C)C)[c-]ccc12.[Ir]. The second-order valence-corrected chi connectivity index (χ2v) is 18.9. The second-order valence-electron chi connectivity index (χ2n) is 18.9. The Morgan fingerprint density at radius 1 is 0.478 bits per heavy atom. The third-order valence-electron chi connectivity index (χ3n) is 13.1. The van der Waals surface area contributed by atoms with Crippen molar-refractivity contribution in [1.29, 1.82) is 0 Å². The van der Waals surface area contributed by atoms with Crippen LogP contribution in [0.5, 0.6) is 0 Å². The van der Waals surface area contributed by atoms with Crippen molar-refractivity contribution < 1.29 is 28.6 Å². The molecule has 0 saturated heterocycles. The zero-order chi connectivity index (χ0) is 49.7. The van der Waals surface area contributed by atoms with Gasteiger partial charge in [0.25, 0.3) is 0 Å². The van der Waals surface area contributed by atoms with Crippen LogP contribution in [0.1, 0.15) is 111 Å². The minimum Gasteiger partial charge on any atom is -0.500 e. The smallest absolute Gasteiger partial charge is 0.124 e. The third-order valence-corrected chi connectivity index (χ3v) is 13.1. The van der Waals surface area contributed by atoms with Gasteiger partial charge in [-0.15, -0.1) is 54.1 Å². The van der Waals surface area contributed by atoms with Gasteiger partial charge in [0.05, 0.1) is 39.3 Å². The van der Waals surface area contributed by atoms with Crippen molar-refractivity contribution in [3.8, 4) is 45.3 Å². The van der Waals surface area contributed by atoms with Crippen LogP contribution in [0.15, 0.2) is 168 Å². The van der Waals surface area contributed by atoms with Gasteiger partial charge in [0.1, 0.15) is 5.58 Å². The first-order valence-corrected chi connectivity index (χ1v) is 23.9. The average Bonchev–Trinajstić information content (AvgIpc) is 4.07. The second kappa shape index (κ2) is 19.6. The number of imidazole rings is 2. The van der Waals surface area contributed by atoms with Crippen molar-refractivity contribution in [1.82, 2.24) is 19.1 Å². The van der Waals surface area contributed by atoms with E-state index >= 15 is 0 Å². The first-order chi connectivity index (χ1) is 34.2. The number of aryl methyl sites for hydroxylation is 1. The Morgan fingerprint density at radius 2 is 0.986 bits per heavy atom. The summed E-state index contributed by atoms with van der Waals surface area (Å²) in [6, 6.07) is 62.0. The molecule has 0 spiro atoms. The first-order valence-electron chi connectivity index (χ1n) is 25.4. The van der Waals surface area contributed by atoms with E-state index in [0.717, 1.165) is 55.5 Å². The van der Waals surface area contributed by atoms with E-state index in [2.05, 4.69) is 149 Å². The molecule has 1 radical (unpaired) electrons. The van der Waals surface area contributed by atoms with Gasteiger partial charge in [0.2, 0.25) is 0 Å². The van der Waals surface area contributed by atoms with Gasteiger partial charge in [-0.05, 0) is 93.7 Å². The zero-order valence-electron chi connectivity index (χ0n) is 43.4. The summed E-state index contributed by atoms with van der Waals surface area (Å²) in [5.74, 6) is 3.07. The Morgan fingerprint density at radius 3 is 1.52 bits per heavy atom. The number of nitrogens with zero attached hydrogens (tertiary/aromatic N) is 4. The molecule has 8 aromatic carbocycles. The predicted octanol–water partition coefficient (Wildman–Crippen LogP) is 17.4. The minimum atomic E-state index is -2.39. The minimum absolute atomic E-state index is 0. The standard InChI is InChI=1S/C38H33N2O.C25H25N2.Ir/c1-23(2)27-15-11-16-28(24(3)4)35(27)40-34-20-10-9-19-33(34)39-38(40)32-18-12-17-30-31-22-21-29(26-13-7-6-8-14-26)25(5)36(31)41-37(30)32;1-17(2)20-13-10-14-21(18(3)4)24(20)27-23-16-9-8-15-22(23)26-25(27)19-11-6-5-7-12-19;/h6-17,19-24H,1-5H3;5-11,13-18H,1-4H3;/q2*-1;/i5D3;;. The summed E-state index contributed by atoms with van der Waals surface area (Å²) < 4.78 is 36.8. The quantitative estimate of drug-likeness (QED) is 0.135. The summed E-state index contributed by atoms with van der Waals surface area (Å²) in [4.78, 5) is 10.2. The number of rotatable bonds is 9. The van der Waals surface area contributed by atoms with Crippen molar-refractivity contribution >= 4 is 44.0 Å². The molecule has 0 aliphatic carbocycles. The fourth-order valence-corrected chi connectivity index (χ4v) is 9.75. The van der Waals surface area contributed by atoms with Gasteiger partial charge in [-0.3, -0.25) is 9.97 Å². The van der Waals surface area contributed by atoms with Crippen LogP contribution >= 0.6 is 0 Å². The molecule has 3 aromatic heterocycles. The van der Waals surface area contributed by atoms with Gasteiger partial charge < -0.3 is 13.6 Å². The van der Waals surface area contributed by atoms with Crippen LogP contribution in [-0.2, 0) is 20.1 Å². The van der Waals surface area contributed by atoms with Crippen LogP contribution < -0.4 is 0 Å². The van der Waals surface area contributed by atoms with Crippen LogP contribution in [0.2, 0.25) is 0 Å². The molecule has 5 nitrogen and oxygen atoms in total. The van der Waals surface area contributed by atoms with Crippen LogP contribution in [-0.4, -0.2) is 19.1 Å². The molecule has 0 aliphatic rings. The number of hydrogen-bond acceptors (Lipinski definition) is 3. The number of hydrogen-bond donors (Lipinski definition) is 0. The molecule has 0 amide bonds. The van der Waals surface area contributed by atoms with E-state index in [9.17, 15) is 0 Å². The maximum Gasteiger partial charge on any atom is 0.124 e. The van der Waals surface area contributed by atoms with E-state index in [1.807, 2.05) is 91.0 Å². The number of benzene rings is 8. The Kier molecular flexibility index (Phi) is 12.4. The van der Waals surface area contributed by atoms with Gasteiger partial charge in [-0.2, -0.15) is 0 Å². The fourth-order valence-electron chi connectivity index (χ4n) is 9.75. The molecule has 0 fully saturated rings. The Labute approximate surface area is 424 Å². The number of para-hydroxylation sites is 6. The zero-order valence-corrected chi connectivity index (χ0v) is 42.8. The molecule has 0 unspecified atom stereocenters. The maximum atomic E-state index is 8.53. The van der Waals surface area contributed by atoms with Crippen molar-refractivity contribution in [2.75, 3.05) is 0 Å². The van der Waals surface area contributed by atoms with Crippen molar-refractivity contribution in [2.45, 2.75) is 85.9 Å². The van der Waals surface area contributed by atoms with Crippen LogP contribution in [0.25, 0.3) is 89.3 Å². The Bertz CT molecular complexity index is 3660. The van der Waals surface area contributed by atoms with Gasteiger partial charge in [-0.25, -0.2) is 0 Å². The summed E-state index contributed by atoms with van der Waals surface area (Å²) >= 11 is 0. The van der Waals surface area contributed by atoms with E-state index in [0.29, 0.717) is 40.0 Å². The molecular formula is C63H58IrN4O-2. The number of fused-ring (bicyclic) bond motifs is 5. The summed E-state index contributed by atoms with van der Waals surface area (Å²) in [5.41, 5.74) is 15.9. The van der Waals surface area contributed by atoms with Gasteiger partial charge in [0.15, 0.2) is 0 Å². The van der Waals surface area contributed by atoms with E-state index in [1.165, 1.54) is 27.9 Å².